The smallest absolute Gasteiger partial charge is 0.410 e. The number of rotatable bonds is 4. The number of piperazine rings is 1. The van der Waals surface area contributed by atoms with Crippen molar-refractivity contribution in [3.8, 4) is 0 Å². The Hall–Kier alpha value is -0.850. The van der Waals surface area contributed by atoms with Crippen molar-refractivity contribution in [2.75, 3.05) is 59.7 Å². The molecule has 2 aliphatic rings. The summed E-state index contributed by atoms with van der Waals surface area (Å²) < 4.78 is 10.6. The summed E-state index contributed by atoms with van der Waals surface area (Å²) in [6, 6.07) is 0. The van der Waals surface area contributed by atoms with Gasteiger partial charge in [-0.2, -0.15) is 0 Å². The van der Waals surface area contributed by atoms with E-state index in [4.69, 9.17) is 9.47 Å². The molecule has 0 unspecified atom stereocenters. The molecule has 0 aromatic heterocycles. The van der Waals surface area contributed by atoms with Crippen LogP contribution in [0.2, 0.25) is 0 Å². The van der Waals surface area contributed by atoms with E-state index in [1.165, 1.54) is 0 Å². The lowest BCUT2D eigenvalue weighted by atomic mass is 9.96. The zero-order valence-corrected chi connectivity index (χ0v) is 15.2. The van der Waals surface area contributed by atoms with E-state index in [-0.39, 0.29) is 6.09 Å². The van der Waals surface area contributed by atoms with Crippen molar-refractivity contribution in [2.45, 2.75) is 39.2 Å². The van der Waals surface area contributed by atoms with Crippen LogP contribution in [0, 0.1) is 5.92 Å². The Kier molecular flexibility index (Phi) is 6.68. The second-order valence-electron chi connectivity index (χ2n) is 7.75. The number of nitrogens with zero attached hydrogens (tertiary/aromatic N) is 3. The van der Waals surface area contributed by atoms with Gasteiger partial charge < -0.3 is 19.3 Å². The first-order chi connectivity index (χ1) is 10.9. The number of hydrogen-bond acceptors (Lipinski definition) is 5. The van der Waals surface area contributed by atoms with Gasteiger partial charge in [-0.25, -0.2) is 4.79 Å². The molecule has 2 heterocycles. The van der Waals surface area contributed by atoms with E-state index >= 15 is 0 Å². The summed E-state index contributed by atoms with van der Waals surface area (Å²) in [6.07, 6.45) is 2.00. The molecular weight excluding hydrogens is 294 g/mol. The Morgan fingerprint density at radius 2 is 1.57 bits per heavy atom. The largest absolute Gasteiger partial charge is 0.444 e. The van der Waals surface area contributed by atoms with E-state index in [9.17, 15) is 4.79 Å². The Morgan fingerprint density at radius 1 is 1.00 bits per heavy atom. The van der Waals surface area contributed by atoms with E-state index < -0.39 is 5.60 Å². The summed E-state index contributed by atoms with van der Waals surface area (Å²) in [4.78, 5) is 18.8. The molecule has 1 amide bonds. The second kappa shape index (κ2) is 8.31. The quantitative estimate of drug-likeness (QED) is 0.788. The van der Waals surface area contributed by atoms with E-state index in [0.717, 1.165) is 65.4 Å². The molecule has 0 atom stereocenters. The lowest BCUT2D eigenvalue weighted by Gasteiger charge is -2.38. The lowest BCUT2D eigenvalue weighted by Crippen LogP contribution is -2.49. The van der Waals surface area contributed by atoms with E-state index in [1.807, 2.05) is 25.7 Å². The number of ether oxygens (including phenoxy) is 2. The van der Waals surface area contributed by atoms with Gasteiger partial charge >= 0.3 is 6.09 Å². The number of amides is 1. The minimum absolute atomic E-state index is 0.163. The highest BCUT2D eigenvalue weighted by Crippen LogP contribution is 2.21. The van der Waals surface area contributed by atoms with Crippen LogP contribution in [-0.4, -0.2) is 86.0 Å². The van der Waals surface area contributed by atoms with E-state index in [2.05, 4.69) is 9.80 Å². The van der Waals surface area contributed by atoms with Gasteiger partial charge in [0.05, 0.1) is 6.73 Å². The normalized spacial score (nSPS) is 22.3. The Labute approximate surface area is 140 Å². The fraction of sp³-hybridized carbons (Fsp3) is 0.941. The number of likely N-dealkylation sites (tertiary alicyclic amines) is 1. The summed E-state index contributed by atoms with van der Waals surface area (Å²) in [5.41, 5.74) is -0.407. The topological polar surface area (TPSA) is 45.2 Å². The third kappa shape index (κ3) is 6.28. The molecule has 6 heteroatoms. The first kappa shape index (κ1) is 18.5. The van der Waals surface area contributed by atoms with E-state index in [0.29, 0.717) is 5.92 Å². The summed E-state index contributed by atoms with van der Waals surface area (Å²) >= 11 is 0. The van der Waals surface area contributed by atoms with Crippen LogP contribution in [-0.2, 0) is 9.47 Å². The van der Waals surface area contributed by atoms with Crippen LogP contribution in [0.15, 0.2) is 0 Å². The van der Waals surface area contributed by atoms with Crippen LogP contribution in [0.3, 0.4) is 0 Å². The fourth-order valence-corrected chi connectivity index (χ4v) is 3.27. The van der Waals surface area contributed by atoms with Crippen molar-refractivity contribution in [3.05, 3.63) is 0 Å². The summed E-state index contributed by atoms with van der Waals surface area (Å²) in [5.74, 6) is 0.697. The van der Waals surface area contributed by atoms with Crippen LogP contribution in [0.4, 0.5) is 4.79 Å². The van der Waals surface area contributed by atoms with Gasteiger partial charge in [0.2, 0.25) is 0 Å². The highest BCUT2D eigenvalue weighted by Gasteiger charge is 2.28. The summed E-state index contributed by atoms with van der Waals surface area (Å²) in [5, 5.41) is 0. The molecule has 2 saturated heterocycles. The average molecular weight is 327 g/mol. The van der Waals surface area contributed by atoms with Crippen molar-refractivity contribution < 1.29 is 14.3 Å². The first-order valence-electron chi connectivity index (χ1n) is 8.79. The minimum Gasteiger partial charge on any atom is -0.444 e. The third-order valence-electron chi connectivity index (χ3n) is 4.56. The lowest BCUT2D eigenvalue weighted by molar-refractivity contribution is 0.0102. The number of carbonyl (C=O) groups is 1. The second-order valence-corrected chi connectivity index (χ2v) is 7.75. The Morgan fingerprint density at radius 3 is 2.09 bits per heavy atom. The van der Waals surface area contributed by atoms with Crippen LogP contribution >= 0.6 is 0 Å². The van der Waals surface area contributed by atoms with Crippen molar-refractivity contribution >= 4 is 6.09 Å². The zero-order valence-electron chi connectivity index (χ0n) is 15.2. The molecule has 0 saturated carbocycles. The van der Waals surface area contributed by atoms with Crippen LogP contribution in [0.5, 0.6) is 0 Å². The van der Waals surface area contributed by atoms with Crippen molar-refractivity contribution in [2.24, 2.45) is 5.92 Å². The molecule has 6 nitrogen and oxygen atoms in total. The molecule has 0 bridgehead atoms. The predicted octanol–water partition coefficient (Wildman–Crippen LogP) is 1.85. The van der Waals surface area contributed by atoms with Crippen LogP contribution in [0.25, 0.3) is 0 Å². The predicted molar refractivity (Wildman–Crippen MR) is 90.4 cm³/mol. The first-order valence-corrected chi connectivity index (χ1v) is 8.79. The third-order valence-corrected chi connectivity index (χ3v) is 4.56. The highest BCUT2D eigenvalue weighted by molar-refractivity contribution is 5.68. The highest BCUT2D eigenvalue weighted by atomic mass is 16.6. The van der Waals surface area contributed by atoms with Gasteiger partial charge in [0, 0.05) is 52.9 Å². The van der Waals surface area contributed by atoms with Crippen LogP contribution < -0.4 is 0 Å². The number of carbonyl (C=O) groups excluding carboxylic acids is 1. The molecule has 0 aliphatic carbocycles. The molecule has 134 valence electrons. The molecular formula is C17H33N3O3. The van der Waals surface area contributed by atoms with Crippen molar-refractivity contribution in [1.82, 2.24) is 14.7 Å². The molecule has 0 aromatic carbocycles. The monoisotopic (exact) mass is 327 g/mol. The average Bonchev–Trinajstić information content (AvgIpc) is 2.48. The fourth-order valence-electron chi connectivity index (χ4n) is 3.27. The van der Waals surface area contributed by atoms with Gasteiger partial charge in [-0.05, 0) is 39.5 Å². The molecule has 2 aliphatic heterocycles. The number of piperidine rings is 1. The van der Waals surface area contributed by atoms with Gasteiger partial charge in [0.15, 0.2) is 0 Å². The maximum absolute atomic E-state index is 12.1. The number of methoxy groups -OCH3 is 1. The van der Waals surface area contributed by atoms with Gasteiger partial charge in [0.1, 0.15) is 5.60 Å². The maximum Gasteiger partial charge on any atom is 0.410 e. The van der Waals surface area contributed by atoms with Crippen LogP contribution in [0.1, 0.15) is 33.6 Å². The molecule has 0 aromatic rings. The zero-order chi connectivity index (χ0) is 16.9. The molecule has 0 N–H and O–H groups in total. The van der Waals surface area contributed by atoms with Gasteiger partial charge in [0.25, 0.3) is 0 Å². The van der Waals surface area contributed by atoms with Gasteiger partial charge in [-0.15, -0.1) is 0 Å². The maximum atomic E-state index is 12.1. The molecule has 0 spiro atoms. The molecule has 2 rings (SSSR count). The molecule has 23 heavy (non-hydrogen) atoms. The summed E-state index contributed by atoms with van der Waals surface area (Å²) in [6.45, 7) is 13.7. The molecule has 2 fully saturated rings. The van der Waals surface area contributed by atoms with E-state index in [1.54, 1.807) is 7.11 Å². The van der Waals surface area contributed by atoms with Crippen molar-refractivity contribution in [1.29, 1.82) is 0 Å². The summed E-state index contributed by atoms with van der Waals surface area (Å²) in [7, 11) is 1.75. The van der Waals surface area contributed by atoms with Gasteiger partial charge in [-0.1, -0.05) is 0 Å². The molecule has 0 radical (unpaired) electrons. The van der Waals surface area contributed by atoms with Gasteiger partial charge in [-0.3, -0.25) is 4.90 Å². The number of hydrogen-bond donors (Lipinski definition) is 0. The SMILES string of the molecule is COCN1CCN(CC2CCN(C(=O)OC(C)(C)C)CC2)CC1. The van der Waals surface area contributed by atoms with Crippen molar-refractivity contribution in [3.63, 3.8) is 0 Å². The standard InChI is InChI=1S/C17H33N3O3/c1-17(2,3)23-16(21)20-7-5-15(6-8-20)13-18-9-11-19(12-10-18)14-22-4/h15H,5-14H2,1-4H3. The minimum atomic E-state index is -0.407. The Bertz CT molecular complexity index is 368. The Balaban J connectivity index is 1.66.